The molecule has 0 saturated carbocycles. The highest BCUT2D eigenvalue weighted by molar-refractivity contribution is 6.02. The van der Waals surface area contributed by atoms with E-state index in [1.54, 1.807) is 30.3 Å². The van der Waals surface area contributed by atoms with E-state index in [1.807, 2.05) is 0 Å². The second-order valence-electron chi connectivity index (χ2n) is 3.67. The number of aromatic amines is 1. The number of hydrogen-bond acceptors (Lipinski definition) is 3. The molecule has 0 aliphatic carbocycles. The zero-order valence-corrected chi connectivity index (χ0v) is 9.31. The number of nitriles is 1. The van der Waals surface area contributed by atoms with Gasteiger partial charge >= 0.3 is 0 Å². The molecule has 0 spiro atoms. The van der Waals surface area contributed by atoms with Gasteiger partial charge in [0.1, 0.15) is 11.6 Å². The van der Waals surface area contributed by atoms with Gasteiger partial charge in [-0.3, -0.25) is 9.59 Å². The highest BCUT2D eigenvalue weighted by atomic mass is 16.1. The molecule has 0 saturated heterocycles. The zero-order chi connectivity index (χ0) is 13.1. The summed E-state index contributed by atoms with van der Waals surface area (Å²) in [6.07, 6.45) is 1.32. The first-order chi connectivity index (χ1) is 8.61. The maximum Gasteiger partial charge on any atom is 0.259 e. The van der Waals surface area contributed by atoms with E-state index >= 15 is 0 Å². The molecule has 1 aromatic carbocycles. The van der Waals surface area contributed by atoms with E-state index in [0.717, 1.165) is 5.39 Å². The minimum atomic E-state index is -0.818. The summed E-state index contributed by atoms with van der Waals surface area (Å²) >= 11 is 0. The van der Waals surface area contributed by atoms with Gasteiger partial charge in [0, 0.05) is 17.0 Å². The lowest BCUT2D eigenvalue weighted by Crippen LogP contribution is -2.13. The second-order valence-corrected chi connectivity index (χ2v) is 3.67. The van der Waals surface area contributed by atoms with E-state index < -0.39 is 5.91 Å². The lowest BCUT2D eigenvalue weighted by Gasteiger charge is -2.01. The Kier molecular flexibility index (Phi) is 2.94. The van der Waals surface area contributed by atoms with Crippen molar-refractivity contribution in [2.45, 2.75) is 0 Å². The first-order valence-electron chi connectivity index (χ1n) is 5.15. The average Bonchev–Trinajstić information content (AvgIpc) is 2.35. The lowest BCUT2D eigenvalue weighted by atomic mass is 10.1. The van der Waals surface area contributed by atoms with Crippen molar-refractivity contribution in [3.63, 3.8) is 0 Å². The van der Waals surface area contributed by atoms with Crippen molar-refractivity contribution in [3.05, 3.63) is 51.8 Å². The molecule has 1 amide bonds. The van der Waals surface area contributed by atoms with Gasteiger partial charge in [-0.1, -0.05) is 18.2 Å². The number of carbonyl (C=O) groups excluding carboxylic acids is 1. The highest BCUT2D eigenvalue weighted by Gasteiger charge is 2.06. The van der Waals surface area contributed by atoms with Crippen LogP contribution in [0.4, 0.5) is 0 Å². The fourth-order valence-corrected chi connectivity index (χ4v) is 1.67. The fraction of sp³-hybridized carbons (Fsp3) is 0. The Hall–Kier alpha value is -2.87. The molecule has 1 heterocycles. The van der Waals surface area contributed by atoms with Gasteiger partial charge in [0.15, 0.2) is 0 Å². The van der Waals surface area contributed by atoms with Crippen LogP contribution in [0, 0.1) is 11.3 Å². The molecule has 2 rings (SSSR count). The number of benzene rings is 1. The van der Waals surface area contributed by atoms with E-state index in [9.17, 15) is 9.59 Å². The predicted molar refractivity (Wildman–Crippen MR) is 67.4 cm³/mol. The van der Waals surface area contributed by atoms with Gasteiger partial charge in [0.25, 0.3) is 5.91 Å². The number of H-pyrrole nitrogens is 1. The van der Waals surface area contributed by atoms with Gasteiger partial charge in [-0.25, -0.2) is 0 Å². The summed E-state index contributed by atoms with van der Waals surface area (Å²) in [4.78, 5) is 25.1. The van der Waals surface area contributed by atoms with Crippen LogP contribution >= 0.6 is 0 Å². The SMILES string of the molecule is N#C/C(=C/c1cc(=O)[nH]c2ccccc12)C(N)=O. The van der Waals surface area contributed by atoms with Crippen molar-refractivity contribution >= 4 is 22.9 Å². The van der Waals surface area contributed by atoms with E-state index in [4.69, 9.17) is 11.0 Å². The Morgan fingerprint density at radius 3 is 2.78 bits per heavy atom. The van der Waals surface area contributed by atoms with E-state index in [0.29, 0.717) is 11.1 Å². The summed E-state index contributed by atoms with van der Waals surface area (Å²) in [5.41, 5.74) is 5.70. The van der Waals surface area contributed by atoms with Crippen LogP contribution in [0.5, 0.6) is 0 Å². The van der Waals surface area contributed by atoms with Crippen LogP contribution in [0.25, 0.3) is 17.0 Å². The first kappa shape index (κ1) is 11.6. The normalized spacial score (nSPS) is 11.2. The number of amides is 1. The van der Waals surface area contributed by atoms with Crippen LogP contribution < -0.4 is 11.3 Å². The standard InChI is InChI=1S/C13H9N3O2/c14-7-9(13(15)18)5-8-6-12(17)16-11-4-2-1-3-10(8)11/h1-6H,(H2,15,18)(H,16,17)/b9-5-. The van der Waals surface area contributed by atoms with Crippen molar-refractivity contribution < 1.29 is 4.79 Å². The fourth-order valence-electron chi connectivity index (χ4n) is 1.67. The molecule has 2 aromatic rings. The summed E-state index contributed by atoms with van der Waals surface area (Å²) in [5, 5.41) is 9.54. The number of fused-ring (bicyclic) bond motifs is 1. The van der Waals surface area contributed by atoms with Gasteiger partial charge in [-0.05, 0) is 17.7 Å². The molecule has 0 unspecified atom stereocenters. The highest BCUT2D eigenvalue weighted by Crippen LogP contribution is 2.17. The third kappa shape index (κ3) is 2.13. The second kappa shape index (κ2) is 4.55. The van der Waals surface area contributed by atoms with Crippen molar-refractivity contribution in [1.82, 2.24) is 4.98 Å². The number of nitrogens with zero attached hydrogens (tertiary/aromatic N) is 1. The van der Waals surface area contributed by atoms with Crippen molar-refractivity contribution in [2.24, 2.45) is 5.73 Å². The van der Waals surface area contributed by atoms with Gasteiger partial charge < -0.3 is 10.7 Å². The molecule has 0 fully saturated rings. The molecule has 0 aliphatic heterocycles. The summed E-state index contributed by atoms with van der Waals surface area (Å²) in [5.74, 6) is -0.818. The van der Waals surface area contributed by atoms with Crippen LogP contribution in [0.15, 0.2) is 40.7 Å². The molecule has 0 radical (unpaired) electrons. The number of para-hydroxylation sites is 1. The Bertz CT molecular complexity index is 751. The number of aromatic nitrogens is 1. The number of nitrogens with two attached hydrogens (primary N) is 1. The molecule has 3 N–H and O–H groups in total. The molecular weight excluding hydrogens is 230 g/mol. The number of rotatable bonds is 2. The Morgan fingerprint density at radius 2 is 2.11 bits per heavy atom. The van der Waals surface area contributed by atoms with Gasteiger partial charge in [-0.2, -0.15) is 5.26 Å². The minimum absolute atomic E-state index is 0.189. The lowest BCUT2D eigenvalue weighted by molar-refractivity contribution is -0.114. The Balaban J connectivity index is 2.76. The van der Waals surface area contributed by atoms with E-state index in [2.05, 4.69) is 4.98 Å². The number of nitrogens with one attached hydrogen (secondary N) is 1. The first-order valence-corrected chi connectivity index (χ1v) is 5.15. The molecule has 0 atom stereocenters. The van der Waals surface area contributed by atoms with E-state index in [1.165, 1.54) is 12.1 Å². The summed E-state index contributed by atoms with van der Waals surface area (Å²) in [6.45, 7) is 0. The molecule has 5 nitrogen and oxygen atoms in total. The number of carbonyl (C=O) groups is 1. The third-order valence-corrected chi connectivity index (χ3v) is 2.47. The van der Waals surface area contributed by atoms with Crippen molar-refractivity contribution in [3.8, 4) is 6.07 Å². The predicted octanol–water partition coefficient (Wildman–Crippen LogP) is 0.920. The number of hydrogen-bond donors (Lipinski definition) is 2. The number of pyridine rings is 1. The van der Waals surface area contributed by atoms with E-state index in [-0.39, 0.29) is 11.1 Å². The van der Waals surface area contributed by atoms with Crippen LogP contribution in [-0.4, -0.2) is 10.9 Å². The topological polar surface area (TPSA) is 99.7 Å². The molecule has 1 aromatic heterocycles. The summed E-state index contributed by atoms with van der Waals surface area (Å²) < 4.78 is 0. The smallest absolute Gasteiger partial charge is 0.259 e. The molecular formula is C13H9N3O2. The Labute approximate surface area is 102 Å². The summed E-state index contributed by atoms with van der Waals surface area (Å²) in [7, 11) is 0. The van der Waals surface area contributed by atoms with Crippen LogP contribution in [0.3, 0.4) is 0 Å². The van der Waals surface area contributed by atoms with Gasteiger partial charge in [0.05, 0.1) is 0 Å². The maximum atomic E-state index is 11.5. The van der Waals surface area contributed by atoms with Crippen molar-refractivity contribution in [1.29, 1.82) is 5.26 Å². The van der Waals surface area contributed by atoms with Crippen LogP contribution in [-0.2, 0) is 4.79 Å². The van der Waals surface area contributed by atoms with Gasteiger partial charge in [-0.15, -0.1) is 0 Å². The molecule has 5 heteroatoms. The molecule has 0 bridgehead atoms. The van der Waals surface area contributed by atoms with Gasteiger partial charge in [0.2, 0.25) is 5.56 Å². The average molecular weight is 239 g/mol. The number of primary amides is 1. The quantitative estimate of drug-likeness (QED) is 0.602. The van der Waals surface area contributed by atoms with Crippen LogP contribution in [0.1, 0.15) is 5.56 Å². The Morgan fingerprint density at radius 1 is 1.39 bits per heavy atom. The molecule has 88 valence electrons. The molecule has 0 aliphatic rings. The largest absolute Gasteiger partial charge is 0.365 e. The third-order valence-electron chi connectivity index (χ3n) is 2.47. The minimum Gasteiger partial charge on any atom is -0.365 e. The summed E-state index contributed by atoms with van der Waals surface area (Å²) in [6, 6.07) is 10.1. The molecule has 18 heavy (non-hydrogen) atoms. The maximum absolute atomic E-state index is 11.5. The van der Waals surface area contributed by atoms with Crippen molar-refractivity contribution in [2.75, 3.05) is 0 Å². The van der Waals surface area contributed by atoms with Crippen LogP contribution in [0.2, 0.25) is 0 Å². The monoisotopic (exact) mass is 239 g/mol. The zero-order valence-electron chi connectivity index (χ0n) is 9.31.